The van der Waals surface area contributed by atoms with Crippen LogP contribution in [0.15, 0.2) is 48.8 Å². The van der Waals surface area contributed by atoms with Gasteiger partial charge in [0.15, 0.2) is 0 Å². The zero-order chi connectivity index (χ0) is 13.2. The van der Waals surface area contributed by atoms with Crippen molar-refractivity contribution in [2.75, 3.05) is 11.4 Å². The first kappa shape index (κ1) is 11.9. The van der Waals surface area contributed by atoms with Gasteiger partial charge >= 0.3 is 0 Å². The monoisotopic (exact) mass is 252 g/mol. The molecule has 0 saturated carbocycles. The number of hydrogen-bond donors (Lipinski definition) is 0. The van der Waals surface area contributed by atoms with Crippen molar-refractivity contribution in [3.05, 3.63) is 59.9 Å². The van der Waals surface area contributed by atoms with Crippen molar-refractivity contribution in [3.63, 3.8) is 0 Å². The number of anilines is 1. The van der Waals surface area contributed by atoms with Crippen LogP contribution in [-0.2, 0) is 4.79 Å². The number of nitrogens with zero attached hydrogens (tertiary/aromatic N) is 2. The lowest BCUT2D eigenvalue weighted by molar-refractivity contribution is -0.118. The Kier molecular flexibility index (Phi) is 3.03. The number of amides is 1. The second-order valence-corrected chi connectivity index (χ2v) is 4.96. The number of carbonyl (C=O) groups excluding carboxylic acids is 1. The largest absolute Gasteiger partial charge is 0.312 e. The van der Waals surface area contributed by atoms with Gasteiger partial charge in [0, 0.05) is 24.6 Å². The third-order valence-electron chi connectivity index (χ3n) is 3.61. The standard InChI is InChI=1S/C16H16N2O/c1-12-4-2-6-14(10-12)18-9-7-15(16(18)19)13-5-3-8-17-11-13/h2-6,8,10-11,15H,7,9H2,1H3. The third kappa shape index (κ3) is 2.24. The lowest BCUT2D eigenvalue weighted by Gasteiger charge is -2.17. The molecule has 2 heterocycles. The van der Waals surface area contributed by atoms with E-state index < -0.39 is 0 Å². The number of rotatable bonds is 2. The molecule has 3 rings (SSSR count). The average molecular weight is 252 g/mol. The Morgan fingerprint density at radius 2 is 2.16 bits per heavy atom. The summed E-state index contributed by atoms with van der Waals surface area (Å²) in [4.78, 5) is 18.5. The van der Waals surface area contributed by atoms with Gasteiger partial charge in [-0.05, 0) is 42.7 Å². The molecule has 3 heteroatoms. The molecule has 96 valence electrons. The van der Waals surface area contributed by atoms with E-state index in [2.05, 4.69) is 11.1 Å². The van der Waals surface area contributed by atoms with E-state index >= 15 is 0 Å². The number of aryl methyl sites for hydroxylation is 1. The molecular formula is C16H16N2O. The van der Waals surface area contributed by atoms with Crippen LogP contribution in [0, 0.1) is 6.92 Å². The summed E-state index contributed by atoms with van der Waals surface area (Å²) < 4.78 is 0. The highest BCUT2D eigenvalue weighted by Crippen LogP contribution is 2.31. The maximum Gasteiger partial charge on any atom is 0.234 e. The fourth-order valence-electron chi connectivity index (χ4n) is 2.62. The Hall–Kier alpha value is -2.16. The van der Waals surface area contributed by atoms with Crippen LogP contribution in [0.3, 0.4) is 0 Å². The summed E-state index contributed by atoms with van der Waals surface area (Å²) in [7, 11) is 0. The lowest BCUT2D eigenvalue weighted by Crippen LogP contribution is -2.26. The maximum absolute atomic E-state index is 12.5. The van der Waals surface area contributed by atoms with Crippen LogP contribution in [0.5, 0.6) is 0 Å². The first-order valence-corrected chi connectivity index (χ1v) is 6.53. The van der Waals surface area contributed by atoms with Crippen molar-refractivity contribution in [3.8, 4) is 0 Å². The van der Waals surface area contributed by atoms with E-state index in [1.807, 2.05) is 42.2 Å². The molecule has 0 aliphatic carbocycles. The van der Waals surface area contributed by atoms with Gasteiger partial charge in [-0.1, -0.05) is 18.2 Å². The van der Waals surface area contributed by atoms with Gasteiger partial charge in [0.2, 0.25) is 5.91 Å². The molecule has 1 aliphatic rings. The summed E-state index contributed by atoms with van der Waals surface area (Å²) >= 11 is 0. The number of pyridine rings is 1. The molecule has 0 spiro atoms. The van der Waals surface area contributed by atoms with Gasteiger partial charge in [-0.2, -0.15) is 0 Å². The Morgan fingerprint density at radius 1 is 1.26 bits per heavy atom. The normalized spacial score (nSPS) is 18.9. The molecule has 0 bridgehead atoms. The van der Waals surface area contributed by atoms with Crippen molar-refractivity contribution >= 4 is 11.6 Å². The highest BCUT2D eigenvalue weighted by Gasteiger charge is 2.33. The summed E-state index contributed by atoms with van der Waals surface area (Å²) in [6, 6.07) is 12.0. The summed E-state index contributed by atoms with van der Waals surface area (Å²) in [6.07, 6.45) is 4.39. The second-order valence-electron chi connectivity index (χ2n) is 4.96. The molecule has 19 heavy (non-hydrogen) atoms. The highest BCUT2D eigenvalue weighted by molar-refractivity contribution is 6.00. The Balaban J connectivity index is 1.87. The molecule has 1 aromatic heterocycles. The predicted molar refractivity (Wildman–Crippen MR) is 75.1 cm³/mol. The minimum Gasteiger partial charge on any atom is -0.312 e. The van der Waals surface area contributed by atoms with Crippen molar-refractivity contribution in [2.45, 2.75) is 19.3 Å². The summed E-state index contributed by atoms with van der Waals surface area (Å²) in [5, 5.41) is 0. The van der Waals surface area contributed by atoms with Crippen LogP contribution in [-0.4, -0.2) is 17.4 Å². The van der Waals surface area contributed by atoms with E-state index in [9.17, 15) is 4.79 Å². The van der Waals surface area contributed by atoms with Crippen LogP contribution < -0.4 is 4.90 Å². The van der Waals surface area contributed by atoms with Crippen molar-refractivity contribution in [2.24, 2.45) is 0 Å². The van der Waals surface area contributed by atoms with Gasteiger partial charge in [-0.25, -0.2) is 0 Å². The van der Waals surface area contributed by atoms with Crippen molar-refractivity contribution in [1.29, 1.82) is 0 Å². The van der Waals surface area contributed by atoms with Gasteiger partial charge in [0.1, 0.15) is 0 Å². The minimum absolute atomic E-state index is 0.0470. The number of carbonyl (C=O) groups is 1. The molecule has 1 unspecified atom stereocenters. The van der Waals surface area contributed by atoms with Gasteiger partial charge in [-0.3, -0.25) is 9.78 Å². The molecule has 1 saturated heterocycles. The molecule has 3 nitrogen and oxygen atoms in total. The van der Waals surface area contributed by atoms with E-state index in [0.717, 1.165) is 24.2 Å². The van der Waals surface area contributed by atoms with Crippen molar-refractivity contribution in [1.82, 2.24) is 4.98 Å². The number of aromatic nitrogens is 1. The molecule has 0 N–H and O–H groups in total. The van der Waals surface area contributed by atoms with Gasteiger partial charge in [-0.15, -0.1) is 0 Å². The molecule has 1 amide bonds. The average Bonchev–Trinajstić information content (AvgIpc) is 2.81. The van der Waals surface area contributed by atoms with E-state index in [-0.39, 0.29) is 11.8 Å². The van der Waals surface area contributed by atoms with Crippen molar-refractivity contribution < 1.29 is 4.79 Å². The molecule has 1 fully saturated rings. The maximum atomic E-state index is 12.5. The zero-order valence-electron chi connectivity index (χ0n) is 10.9. The van der Waals surface area contributed by atoms with E-state index in [1.54, 1.807) is 12.4 Å². The Labute approximate surface area is 112 Å². The van der Waals surface area contributed by atoms with E-state index in [0.29, 0.717) is 0 Å². The molecule has 1 aliphatic heterocycles. The number of benzene rings is 1. The van der Waals surface area contributed by atoms with E-state index in [4.69, 9.17) is 0 Å². The van der Waals surface area contributed by atoms with E-state index in [1.165, 1.54) is 5.56 Å². The third-order valence-corrected chi connectivity index (χ3v) is 3.61. The van der Waals surface area contributed by atoms with Gasteiger partial charge in [0.25, 0.3) is 0 Å². The van der Waals surface area contributed by atoms with Crippen LogP contribution in [0.25, 0.3) is 0 Å². The summed E-state index contributed by atoms with van der Waals surface area (Å²) in [5.74, 6) is 0.132. The Bertz CT molecular complexity index is 595. The van der Waals surface area contributed by atoms with Crippen LogP contribution in [0.4, 0.5) is 5.69 Å². The van der Waals surface area contributed by atoms with Gasteiger partial charge < -0.3 is 4.90 Å². The molecule has 1 atom stereocenters. The molecule has 0 radical (unpaired) electrons. The van der Waals surface area contributed by atoms with Crippen LogP contribution in [0.1, 0.15) is 23.5 Å². The zero-order valence-corrected chi connectivity index (χ0v) is 10.9. The summed E-state index contributed by atoms with van der Waals surface area (Å²) in [5.41, 5.74) is 3.19. The fourth-order valence-corrected chi connectivity index (χ4v) is 2.62. The topological polar surface area (TPSA) is 33.2 Å². The lowest BCUT2D eigenvalue weighted by atomic mass is 10.00. The van der Waals surface area contributed by atoms with Gasteiger partial charge in [0.05, 0.1) is 5.92 Å². The predicted octanol–water partition coefficient (Wildman–Crippen LogP) is 2.91. The molecule has 2 aromatic rings. The molecular weight excluding hydrogens is 236 g/mol. The Morgan fingerprint density at radius 3 is 2.89 bits per heavy atom. The fraction of sp³-hybridized carbons (Fsp3) is 0.250. The summed E-state index contributed by atoms with van der Waals surface area (Å²) in [6.45, 7) is 2.82. The highest BCUT2D eigenvalue weighted by atomic mass is 16.2. The van der Waals surface area contributed by atoms with Crippen LogP contribution in [0.2, 0.25) is 0 Å². The molecule has 1 aromatic carbocycles. The smallest absolute Gasteiger partial charge is 0.234 e. The number of hydrogen-bond acceptors (Lipinski definition) is 2. The first-order valence-electron chi connectivity index (χ1n) is 6.53. The quantitative estimate of drug-likeness (QED) is 0.823. The second kappa shape index (κ2) is 4.84. The first-order chi connectivity index (χ1) is 9.25. The minimum atomic E-state index is -0.0470. The van der Waals surface area contributed by atoms with Crippen LogP contribution >= 0.6 is 0 Å². The SMILES string of the molecule is Cc1cccc(N2CCC(c3cccnc3)C2=O)c1.